The molecule has 0 unspecified atom stereocenters. The molecular weight excluding hydrogens is 348 g/mol. The molecule has 0 atom stereocenters. The van der Waals surface area contributed by atoms with Gasteiger partial charge in [0.25, 0.3) is 0 Å². The second-order valence-electron chi connectivity index (χ2n) is 4.79. The number of thioether (sulfide) groups is 1. The Morgan fingerprint density at radius 2 is 1.88 bits per heavy atom. The first kappa shape index (κ1) is 16.5. The number of ether oxygens (including phenoxy) is 1. The van der Waals surface area contributed by atoms with Crippen molar-refractivity contribution >= 4 is 29.1 Å². The van der Waals surface area contributed by atoms with E-state index in [4.69, 9.17) is 16.3 Å². The van der Waals surface area contributed by atoms with Crippen LogP contribution in [0.1, 0.15) is 10.4 Å². The van der Waals surface area contributed by atoms with Gasteiger partial charge in [0.15, 0.2) is 5.78 Å². The van der Waals surface area contributed by atoms with Gasteiger partial charge in [-0.3, -0.25) is 4.79 Å². The fourth-order valence-corrected chi connectivity index (χ4v) is 2.91. The molecule has 2 aromatic carbocycles. The first-order chi connectivity index (χ1) is 11.7. The number of halogens is 1. The van der Waals surface area contributed by atoms with Crippen molar-refractivity contribution in [3.05, 3.63) is 59.1 Å². The molecule has 0 amide bonds. The van der Waals surface area contributed by atoms with E-state index in [1.807, 2.05) is 12.1 Å². The SMILES string of the molecule is COc1ccc(C(=O)CSc2nnnn2-c2ccc(Cl)cc2)cc1. The van der Waals surface area contributed by atoms with Crippen LogP contribution in [0, 0.1) is 0 Å². The molecule has 0 saturated heterocycles. The molecule has 1 aromatic heterocycles. The van der Waals surface area contributed by atoms with E-state index in [-0.39, 0.29) is 11.5 Å². The Morgan fingerprint density at radius 3 is 2.54 bits per heavy atom. The van der Waals surface area contributed by atoms with Crippen LogP contribution in [0.4, 0.5) is 0 Å². The lowest BCUT2D eigenvalue weighted by atomic mass is 10.1. The normalized spacial score (nSPS) is 10.6. The van der Waals surface area contributed by atoms with Gasteiger partial charge in [0.05, 0.1) is 18.6 Å². The van der Waals surface area contributed by atoms with Crippen molar-refractivity contribution < 1.29 is 9.53 Å². The zero-order chi connectivity index (χ0) is 16.9. The number of Topliss-reactive ketones (excluding diaryl/α,β-unsaturated/α-hetero) is 1. The maximum Gasteiger partial charge on any atom is 0.214 e. The quantitative estimate of drug-likeness (QED) is 0.496. The molecule has 0 N–H and O–H groups in total. The average Bonchev–Trinajstić information content (AvgIpc) is 3.09. The van der Waals surface area contributed by atoms with Crippen molar-refractivity contribution in [2.24, 2.45) is 0 Å². The number of carbonyl (C=O) groups is 1. The Morgan fingerprint density at radius 1 is 1.17 bits per heavy atom. The number of ketones is 1. The number of hydrogen-bond acceptors (Lipinski definition) is 6. The average molecular weight is 361 g/mol. The Labute approximate surface area is 147 Å². The van der Waals surface area contributed by atoms with Crippen LogP contribution in [-0.2, 0) is 0 Å². The van der Waals surface area contributed by atoms with E-state index >= 15 is 0 Å². The van der Waals surface area contributed by atoms with Crippen LogP contribution in [0.25, 0.3) is 5.69 Å². The topological polar surface area (TPSA) is 69.9 Å². The molecule has 0 aliphatic rings. The third-order valence-corrected chi connectivity index (χ3v) is 4.43. The predicted octanol–water partition coefficient (Wildman–Crippen LogP) is 3.30. The monoisotopic (exact) mass is 360 g/mol. The van der Waals surface area contributed by atoms with E-state index < -0.39 is 0 Å². The summed E-state index contributed by atoms with van der Waals surface area (Å²) in [5.41, 5.74) is 1.40. The lowest BCUT2D eigenvalue weighted by Crippen LogP contribution is -2.05. The minimum atomic E-state index is -0.00620. The highest BCUT2D eigenvalue weighted by Gasteiger charge is 2.13. The third kappa shape index (κ3) is 3.74. The van der Waals surface area contributed by atoms with Crippen LogP contribution >= 0.6 is 23.4 Å². The highest BCUT2D eigenvalue weighted by Crippen LogP contribution is 2.21. The summed E-state index contributed by atoms with van der Waals surface area (Å²) >= 11 is 7.16. The molecule has 8 heteroatoms. The molecule has 3 aromatic rings. The molecule has 0 bridgehead atoms. The summed E-state index contributed by atoms with van der Waals surface area (Å²) in [4.78, 5) is 12.3. The summed E-state index contributed by atoms with van der Waals surface area (Å²) in [5, 5.41) is 12.8. The Hall–Kier alpha value is -2.38. The number of rotatable bonds is 6. The van der Waals surface area contributed by atoms with Gasteiger partial charge in [-0.15, -0.1) is 5.10 Å². The molecule has 6 nitrogen and oxygen atoms in total. The van der Waals surface area contributed by atoms with E-state index in [2.05, 4.69) is 15.5 Å². The first-order valence-corrected chi connectivity index (χ1v) is 8.38. The third-order valence-electron chi connectivity index (χ3n) is 3.26. The highest BCUT2D eigenvalue weighted by atomic mass is 35.5. The van der Waals surface area contributed by atoms with E-state index in [0.717, 1.165) is 5.69 Å². The van der Waals surface area contributed by atoms with Gasteiger partial charge >= 0.3 is 0 Å². The van der Waals surface area contributed by atoms with Crippen molar-refractivity contribution in [1.29, 1.82) is 0 Å². The summed E-state index contributed by atoms with van der Waals surface area (Å²) in [5.74, 6) is 0.944. The molecule has 1 heterocycles. The summed E-state index contributed by atoms with van der Waals surface area (Å²) in [6.07, 6.45) is 0. The number of nitrogens with zero attached hydrogens (tertiary/aromatic N) is 4. The number of methoxy groups -OCH3 is 1. The van der Waals surface area contributed by atoms with Crippen LogP contribution in [0.2, 0.25) is 5.02 Å². The van der Waals surface area contributed by atoms with E-state index in [0.29, 0.717) is 21.5 Å². The Kier molecular flexibility index (Phi) is 5.12. The van der Waals surface area contributed by atoms with Gasteiger partial charge in [-0.2, -0.15) is 4.68 Å². The van der Waals surface area contributed by atoms with Gasteiger partial charge in [0.1, 0.15) is 5.75 Å². The fraction of sp³-hybridized carbons (Fsp3) is 0.125. The molecular formula is C16H13ClN4O2S. The maximum absolute atomic E-state index is 12.3. The molecule has 0 aliphatic carbocycles. The lowest BCUT2D eigenvalue weighted by molar-refractivity contribution is 0.102. The van der Waals surface area contributed by atoms with Gasteiger partial charge in [-0.05, 0) is 59.0 Å². The van der Waals surface area contributed by atoms with Gasteiger partial charge < -0.3 is 4.74 Å². The van der Waals surface area contributed by atoms with Crippen molar-refractivity contribution in [2.75, 3.05) is 12.9 Å². The van der Waals surface area contributed by atoms with Gasteiger partial charge in [0.2, 0.25) is 5.16 Å². The second-order valence-corrected chi connectivity index (χ2v) is 6.17. The van der Waals surface area contributed by atoms with Gasteiger partial charge in [-0.1, -0.05) is 23.4 Å². The summed E-state index contributed by atoms with van der Waals surface area (Å²) in [7, 11) is 1.59. The van der Waals surface area contributed by atoms with E-state index in [9.17, 15) is 4.79 Å². The maximum atomic E-state index is 12.3. The first-order valence-electron chi connectivity index (χ1n) is 7.02. The Bertz CT molecular complexity index is 834. The molecule has 122 valence electrons. The van der Waals surface area contributed by atoms with Crippen LogP contribution in [-0.4, -0.2) is 38.9 Å². The van der Waals surface area contributed by atoms with Crippen molar-refractivity contribution in [1.82, 2.24) is 20.2 Å². The molecule has 3 rings (SSSR count). The molecule has 24 heavy (non-hydrogen) atoms. The number of tetrazole rings is 1. The second kappa shape index (κ2) is 7.46. The van der Waals surface area contributed by atoms with Crippen molar-refractivity contribution in [2.45, 2.75) is 5.16 Å². The number of aromatic nitrogens is 4. The standard InChI is InChI=1S/C16H13ClN4O2S/c1-23-14-8-2-11(3-9-14)15(22)10-24-16-18-19-20-21(16)13-6-4-12(17)5-7-13/h2-9H,10H2,1H3. The van der Waals surface area contributed by atoms with E-state index in [1.165, 1.54) is 11.8 Å². The number of benzene rings is 2. The Balaban J connectivity index is 1.69. The molecule has 0 radical (unpaired) electrons. The zero-order valence-electron chi connectivity index (χ0n) is 12.7. The van der Waals surface area contributed by atoms with Crippen molar-refractivity contribution in [3.8, 4) is 11.4 Å². The molecule has 0 spiro atoms. The molecule has 0 aliphatic heterocycles. The fourth-order valence-electron chi connectivity index (χ4n) is 2.00. The summed E-state index contributed by atoms with van der Waals surface area (Å²) in [6, 6.07) is 14.1. The molecule has 0 fully saturated rings. The van der Waals surface area contributed by atoms with Gasteiger partial charge in [-0.25, -0.2) is 0 Å². The summed E-state index contributed by atoms with van der Waals surface area (Å²) < 4.78 is 6.66. The zero-order valence-corrected chi connectivity index (χ0v) is 14.3. The van der Waals surface area contributed by atoms with Gasteiger partial charge in [0, 0.05) is 10.6 Å². The predicted molar refractivity (Wildman–Crippen MR) is 92.2 cm³/mol. The van der Waals surface area contributed by atoms with Crippen LogP contribution in [0.15, 0.2) is 53.7 Å². The van der Waals surface area contributed by atoms with E-state index in [1.54, 1.807) is 48.2 Å². The number of hydrogen-bond donors (Lipinski definition) is 0. The van der Waals surface area contributed by atoms with Crippen LogP contribution in [0.3, 0.4) is 0 Å². The summed E-state index contributed by atoms with van der Waals surface area (Å²) in [6.45, 7) is 0. The minimum Gasteiger partial charge on any atom is -0.497 e. The number of carbonyl (C=O) groups excluding carboxylic acids is 1. The largest absolute Gasteiger partial charge is 0.497 e. The minimum absolute atomic E-state index is 0.00620. The van der Waals surface area contributed by atoms with Crippen LogP contribution < -0.4 is 4.74 Å². The molecule has 0 saturated carbocycles. The smallest absolute Gasteiger partial charge is 0.214 e. The highest BCUT2D eigenvalue weighted by molar-refractivity contribution is 7.99. The van der Waals surface area contributed by atoms with Crippen LogP contribution in [0.5, 0.6) is 5.75 Å². The lowest BCUT2D eigenvalue weighted by Gasteiger charge is -2.05. The van der Waals surface area contributed by atoms with Crippen molar-refractivity contribution in [3.63, 3.8) is 0 Å².